The van der Waals surface area contributed by atoms with Crippen LogP contribution in [0.3, 0.4) is 0 Å². The number of unbranched alkanes of at least 4 members (excludes halogenated alkanes) is 3. The number of anilines is 1. The number of ether oxygens (including phenoxy) is 1. The van der Waals surface area contributed by atoms with Crippen molar-refractivity contribution >= 4 is 23.0 Å². The van der Waals surface area contributed by atoms with Crippen LogP contribution in [0.5, 0.6) is 0 Å². The maximum Gasteiger partial charge on any atom is 0.305 e. The van der Waals surface area contributed by atoms with Gasteiger partial charge >= 0.3 is 5.97 Å². The Bertz CT molecular complexity index is 1200. The Labute approximate surface area is 214 Å². The van der Waals surface area contributed by atoms with Gasteiger partial charge in [-0.05, 0) is 86.3 Å². The van der Waals surface area contributed by atoms with E-state index in [9.17, 15) is 4.79 Å². The van der Waals surface area contributed by atoms with Crippen LogP contribution in [0, 0.1) is 18.8 Å². The van der Waals surface area contributed by atoms with Crippen molar-refractivity contribution in [1.29, 1.82) is 0 Å². The molecule has 0 unspecified atom stereocenters. The third-order valence-corrected chi connectivity index (χ3v) is 5.72. The van der Waals surface area contributed by atoms with E-state index in [4.69, 9.17) is 4.74 Å². The number of aromatic nitrogens is 1. The molecule has 6 heteroatoms. The first-order chi connectivity index (χ1) is 17.5. The monoisotopic (exact) mass is 482 g/mol. The molecule has 0 saturated carbocycles. The van der Waals surface area contributed by atoms with Crippen LogP contribution in [0.1, 0.15) is 55.7 Å². The lowest BCUT2D eigenvalue weighted by Gasteiger charge is -2.19. The Hall–Kier alpha value is -3.98. The van der Waals surface area contributed by atoms with Gasteiger partial charge in [0.05, 0.1) is 18.0 Å². The predicted octanol–water partition coefficient (Wildman–Crippen LogP) is 7.16. The van der Waals surface area contributed by atoms with Crippen molar-refractivity contribution in [1.82, 2.24) is 4.98 Å². The van der Waals surface area contributed by atoms with Crippen molar-refractivity contribution in [2.75, 3.05) is 25.1 Å². The molecule has 1 aromatic heterocycles. The molecule has 0 fully saturated rings. The Morgan fingerprint density at radius 1 is 0.972 bits per heavy atom. The van der Waals surface area contributed by atoms with Crippen molar-refractivity contribution in [3.8, 4) is 11.8 Å². The highest BCUT2D eigenvalue weighted by molar-refractivity contribution is 5.68. The Morgan fingerprint density at radius 3 is 2.44 bits per heavy atom. The van der Waals surface area contributed by atoms with Crippen molar-refractivity contribution in [3.05, 3.63) is 83.7 Å². The van der Waals surface area contributed by atoms with Crippen molar-refractivity contribution in [2.24, 2.45) is 10.2 Å². The summed E-state index contributed by atoms with van der Waals surface area (Å²) in [5, 5.41) is 8.78. The zero-order chi connectivity index (χ0) is 25.6. The molecular formula is C30H34N4O2. The molecule has 0 aliphatic rings. The van der Waals surface area contributed by atoms with Gasteiger partial charge in [0.15, 0.2) is 0 Å². The van der Waals surface area contributed by atoms with Crippen LogP contribution in [-0.4, -0.2) is 31.2 Å². The minimum absolute atomic E-state index is 0.117. The summed E-state index contributed by atoms with van der Waals surface area (Å²) in [5.41, 5.74) is 5.67. The molecule has 0 N–H and O–H groups in total. The topological polar surface area (TPSA) is 67.2 Å². The second-order valence-electron chi connectivity index (χ2n) is 8.62. The first-order valence-corrected chi connectivity index (χ1v) is 12.5. The molecule has 0 aliphatic carbocycles. The van der Waals surface area contributed by atoms with Gasteiger partial charge in [-0.25, -0.2) is 0 Å². The van der Waals surface area contributed by atoms with Crippen LogP contribution in [0.4, 0.5) is 17.1 Å². The van der Waals surface area contributed by atoms with Gasteiger partial charge in [0, 0.05) is 49.2 Å². The zero-order valence-corrected chi connectivity index (χ0v) is 21.4. The van der Waals surface area contributed by atoms with Gasteiger partial charge in [-0.2, -0.15) is 10.2 Å². The smallest absolute Gasteiger partial charge is 0.305 e. The van der Waals surface area contributed by atoms with Gasteiger partial charge in [-0.1, -0.05) is 25.2 Å². The van der Waals surface area contributed by atoms with Gasteiger partial charge in [0.25, 0.3) is 0 Å². The third-order valence-electron chi connectivity index (χ3n) is 5.72. The molecule has 0 radical (unpaired) electrons. The molecule has 3 rings (SSSR count). The second-order valence-corrected chi connectivity index (χ2v) is 8.62. The van der Waals surface area contributed by atoms with Crippen molar-refractivity contribution in [2.45, 2.75) is 46.0 Å². The molecule has 6 nitrogen and oxygen atoms in total. The fourth-order valence-corrected chi connectivity index (χ4v) is 3.54. The van der Waals surface area contributed by atoms with Crippen LogP contribution < -0.4 is 4.90 Å². The standard InChI is InChI=1S/C30H34N4O2/c1-4-30(35)36-21-8-6-5-7-20-34(3)29-17-15-27(16-18-29)32-33-28-14-13-26(24(2)22-28)12-11-25-10-9-19-31-23-25/h9-10,13-19,22-23H,4-8,20-21H2,1-3H3. The van der Waals surface area contributed by atoms with E-state index in [1.165, 1.54) is 0 Å². The maximum absolute atomic E-state index is 11.1. The number of benzene rings is 2. The highest BCUT2D eigenvalue weighted by Crippen LogP contribution is 2.23. The van der Waals surface area contributed by atoms with E-state index >= 15 is 0 Å². The average Bonchev–Trinajstić information content (AvgIpc) is 2.91. The minimum atomic E-state index is -0.117. The first kappa shape index (κ1) is 26.6. The van der Waals surface area contributed by atoms with E-state index in [-0.39, 0.29) is 5.97 Å². The number of pyridine rings is 1. The second kappa shape index (κ2) is 14.4. The summed E-state index contributed by atoms with van der Waals surface area (Å²) in [4.78, 5) is 17.5. The van der Waals surface area contributed by atoms with E-state index in [1.807, 2.05) is 56.3 Å². The number of esters is 1. The summed E-state index contributed by atoms with van der Waals surface area (Å²) in [6.45, 7) is 5.35. The highest BCUT2D eigenvalue weighted by atomic mass is 16.5. The number of rotatable bonds is 11. The van der Waals surface area contributed by atoms with E-state index in [2.05, 4.69) is 51.1 Å². The summed E-state index contributed by atoms with van der Waals surface area (Å²) in [6.07, 6.45) is 8.16. The van der Waals surface area contributed by atoms with Gasteiger partial charge in [0.1, 0.15) is 0 Å². The third kappa shape index (κ3) is 8.99. The molecule has 0 spiro atoms. The summed E-state index contributed by atoms with van der Waals surface area (Å²) >= 11 is 0. The lowest BCUT2D eigenvalue weighted by Crippen LogP contribution is -2.18. The zero-order valence-electron chi connectivity index (χ0n) is 21.4. The van der Waals surface area contributed by atoms with Crippen molar-refractivity contribution < 1.29 is 9.53 Å². The fourth-order valence-electron chi connectivity index (χ4n) is 3.54. The van der Waals surface area contributed by atoms with Crippen LogP contribution >= 0.6 is 0 Å². The van der Waals surface area contributed by atoms with E-state index in [0.717, 1.165) is 66.0 Å². The number of nitrogens with zero attached hydrogens (tertiary/aromatic N) is 4. The number of carbonyl (C=O) groups is 1. The van der Waals surface area contributed by atoms with Gasteiger partial charge in [0.2, 0.25) is 0 Å². The summed E-state index contributed by atoms with van der Waals surface area (Å²) < 4.78 is 5.11. The van der Waals surface area contributed by atoms with Crippen LogP contribution in [0.15, 0.2) is 77.2 Å². The van der Waals surface area contributed by atoms with Crippen LogP contribution in [-0.2, 0) is 9.53 Å². The van der Waals surface area contributed by atoms with Crippen LogP contribution in [0.25, 0.3) is 0 Å². The molecule has 0 atom stereocenters. The Balaban J connectivity index is 1.45. The van der Waals surface area contributed by atoms with E-state index < -0.39 is 0 Å². The van der Waals surface area contributed by atoms with Crippen molar-refractivity contribution in [3.63, 3.8) is 0 Å². The summed E-state index contributed by atoms with van der Waals surface area (Å²) in [5.74, 6) is 6.21. The molecule has 0 saturated heterocycles. The maximum atomic E-state index is 11.1. The molecular weight excluding hydrogens is 448 g/mol. The van der Waals surface area contributed by atoms with E-state index in [0.29, 0.717) is 13.0 Å². The largest absolute Gasteiger partial charge is 0.466 e. The van der Waals surface area contributed by atoms with Gasteiger partial charge in [-0.15, -0.1) is 0 Å². The molecule has 1 heterocycles. The number of carbonyl (C=O) groups excluding carboxylic acids is 1. The lowest BCUT2D eigenvalue weighted by molar-refractivity contribution is -0.143. The quantitative estimate of drug-likeness (QED) is 0.126. The molecule has 36 heavy (non-hydrogen) atoms. The fraction of sp³-hybridized carbons (Fsp3) is 0.333. The Morgan fingerprint density at radius 2 is 1.72 bits per heavy atom. The number of hydrogen-bond donors (Lipinski definition) is 0. The molecule has 0 bridgehead atoms. The average molecular weight is 483 g/mol. The lowest BCUT2D eigenvalue weighted by atomic mass is 10.1. The number of aryl methyl sites for hydroxylation is 1. The molecule has 3 aromatic rings. The summed E-state index contributed by atoms with van der Waals surface area (Å²) in [7, 11) is 2.10. The first-order valence-electron chi connectivity index (χ1n) is 12.5. The molecule has 0 amide bonds. The predicted molar refractivity (Wildman–Crippen MR) is 145 cm³/mol. The minimum Gasteiger partial charge on any atom is -0.466 e. The van der Waals surface area contributed by atoms with E-state index in [1.54, 1.807) is 12.4 Å². The Kier molecular flexibility index (Phi) is 10.7. The number of hydrogen-bond acceptors (Lipinski definition) is 6. The summed E-state index contributed by atoms with van der Waals surface area (Å²) in [6, 6.07) is 17.8. The van der Waals surface area contributed by atoms with Gasteiger partial charge in [-0.3, -0.25) is 9.78 Å². The molecule has 0 aliphatic heterocycles. The molecule has 2 aromatic carbocycles. The normalized spacial score (nSPS) is 10.6. The van der Waals surface area contributed by atoms with Gasteiger partial charge < -0.3 is 9.64 Å². The number of azo groups is 1. The highest BCUT2D eigenvalue weighted by Gasteiger charge is 2.03. The van der Waals surface area contributed by atoms with Crippen LogP contribution in [0.2, 0.25) is 0 Å². The SMILES string of the molecule is CCC(=O)OCCCCCCN(C)c1ccc(N=Nc2ccc(C#Cc3cccnc3)c(C)c2)cc1. The molecule has 186 valence electrons.